The Morgan fingerprint density at radius 3 is 2.66 bits per heavy atom. The third kappa shape index (κ3) is 4.54. The molecule has 2 amide bonds. The lowest BCUT2D eigenvalue weighted by atomic mass is 9.78. The number of thioether (sulfide) groups is 1. The minimum atomic E-state index is -0.783. The van der Waals surface area contributed by atoms with Crippen molar-refractivity contribution in [2.75, 3.05) is 65.7 Å². The molecule has 5 aliphatic rings. The van der Waals surface area contributed by atoms with E-state index in [1.54, 1.807) is 16.7 Å². The van der Waals surface area contributed by atoms with Crippen LogP contribution in [0.3, 0.4) is 0 Å². The van der Waals surface area contributed by atoms with Crippen molar-refractivity contribution in [3.05, 3.63) is 24.3 Å². The first-order chi connectivity index (χ1) is 17.1. The molecule has 0 aromatic carbocycles. The number of amides is 2. The second-order valence-corrected chi connectivity index (χ2v) is 11.3. The lowest BCUT2D eigenvalue weighted by Crippen LogP contribution is -2.54. The van der Waals surface area contributed by atoms with E-state index >= 15 is 0 Å². The highest BCUT2D eigenvalue weighted by molar-refractivity contribution is 8.02. The third-order valence-electron chi connectivity index (χ3n) is 7.84. The SMILES string of the molecule is O=C1OCC=C[C@@H]2S[C@]34C=CCN(CCN5CCOCC5)C(=O)C3N(CCCCCO)C(=O)[C@@H]4[C@H]12. The number of unbranched alkanes of at least 4 members (excludes halogenated alkanes) is 2. The smallest absolute Gasteiger partial charge is 0.311 e. The van der Waals surface area contributed by atoms with Crippen molar-refractivity contribution in [1.29, 1.82) is 0 Å². The number of morpholine rings is 1. The molecule has 0 aromatic heterocycles. The second-order valence-electron chi connectivity index (χ2n) is 9.86. The summed E-state index contributed by atoms with van der Waals surface area (Å²) in [5, 5.41) is 8.99. The predicted octanol–water partition coefficient (Wildman–Crippen LogP) is 0.290. The van der Waals surface area contributed by atoms with Crippen LogP contribution in [-0.2, 0) is 23.9 Å². The van der Waals surface area contributed by atoms with E-state index in [0.717, 1.165) is 26.1 Å². The molecule has 3 saturated heterocycles. The number of rotatable bonds is 8. The molecule has 5 aliphatic heterocycles. The summed E-state index contributed by atoms with van der Waals surface area (Å²) in [6.07, 6.45) is 10.0. The van der Waals surface area contributed by atoms with Gasteiger partial charge in [-0.15, -0.1) is 11.8 Å². The average molecular weight is 506 g/mol. The molecule has 0 saturated carbocycles. The third-order valence-corrected chi connectivity index (χ3v) is 9.59. The molecule has 5 rings (SSSR count). The Hall–Kier alpha value is -1.88. The first-order valence-electron chi connectivity index (χ1n) is 12.8. The van der Waals surface area contributed by atoms with Crippen LogP contribution in [0.15, 0.2) is 24.3 Å². The number of aliphatic hydroxyl groups excluding tert-OH is 1. The summed E-state index contributed by atoms with van der Waals surface area (Å²) in [6, 6.07) is -0.643. The number of hydrogen-bond donors (Lipinski definition) is 1. The van der Waals surface area contributed by atoms with E-state index < -0.39 is 22.6 Å². The Labute approximate surface area is 210 Å². The Bertz CT molecular complexity index is 890. The zero-order valence-electron chi connectivity index (χ0n) is 20.0. The maximum Gasteiger partial charge on any atom is 0.311 e. The van der Waals surface area contributed by atoms with Crippen LogP contribution in [0.2, 0.25) is 0 Å². The number of esters is 1. The molecule has 1 unspecified atom stereocenters. The van der Waals surface area contributed by atoms with Crippen LogP contribution in [-0.4, -0.2) is 119 Å². The molecule has 0 bridgehead atoms. The van der Waals surface area contributed by atoms with Crippen LogP contribution in [0.1, 0.15) is 19.3 Å². The predicted molar refractivity (Wildman–Crippen MR) is 131 cm³/mol. The molecule has 9 nitrogen and oxygen atoms in total. The number of carbonyl (C=O) groups excluding carboxylic acids is 3. The molecule has 5 atom stereocenters. The number of likely N-dealkylation sites (tertiary alicyclic amines) is 1. The fourth-order valence-corrected chi connectivity index (χ4v) is 8.12. The summed E-state index contributed by atoms with van der Waals surface area (Å²) >= 11 is 1.58. The number of ether oxygens (including phenoxy) is 2. The number of cyclic esters (lactones) is 1. The summed E-state index contributed by atoms with van der Waals surface area (Å²) in [5.41, 5.74) is 0. The summed E-state index contributed by atoms with van der Waals surface area (Å²) in [5.74, 6) is -1.72. The molecular weight excluding hydrogens is 470 g/mol. The first kappa shape index (κ1) is 24.8. The molecule has 0 radical (unpaired) electrons. The Morgan fingerprint density at radius 2 is 1.86 bits per heavy atom. The number of aliphatic hydroxyl groups is 1. The molecule has 3 fully saturated rings. The number of hydrogen-bond acceptors (Lipinski definition) is 8. The van der Waals surface area contributed by atoms with Crippen molar-refractivity contribution in [3.63, 3.8) is 0 Å². The van der Waals surface area contributed by atoms with Gasteiger partial charge in [0.05, 0.1) is 29.8 Å². The van der Waals surface area contributed by atoms with E-state index in [1.807, 2.05) is 29.2 Å². The van der Waals surface area contributed by atoms with E-state index in [4.69, 9.17) is 9.47 Å². The molecule has 35 heavy (non-hydrogen) atoms. The fourth-order valence-electron chi connectivity index (χ4n) is 6.11. The normalized spacial score (nSPS) is 34.9. The van der Waals surface area contributed by atoms with Crippen molar-refractivity contribution in [3.8, 4) is 0 Å². The topological polar surface area (TPSA) is 99.6 Å². The summed E-state index contributed by atoms with van der Waals surface area (Å²) in [6.45, 7) is 5.76. The maximum atomic E-state index is 14.1. The Morgan fingerprint density at radius 1 is 1.03 bits per heavy atom. The van der Waals surface area contributed by atoms with Crippen molar-refractivity contribution >= 4 is 29.5 Å². The van der Waals surface area contributed by atoms with Crippen molar-refractivity contribution in [1.82, 2.24) is 14.7 Å². The largest absolute Gasteiger partial charge is 0.461 e. The molecule has 1 spiro atoms. The second kappa shape index (κ2) is 10.6. The van der Waals surface area contributed by atoms with Gasteiger partial charge in [0, 0.05) is 51.1 Å². The lowest BCUT2D eigenvalue weighted by molar-refractivity contribution is -0.151. The molecule has 192 valence electrons. The van der Waals surface area contributed by atoms with Gasteiger partial charge in [0.2, 0.25) is 11.8 Å². The monoisotopic (exact) mass is 505 g/mol. The fraction of sp³-hybridized carbons (Fsp3) is 0.720. The van der Waals surface area contributed by atoms with Gasteiger partial charge >= 0.3 is 5.97 Å². The van der Waals surface area contributed by atoms with Crippen LogP contribution in [0.4, 0.5) is 0 Å². The van der Waals surface area contributed by atoms with Gasteiger partial charge in [0.25, 0.3) is 0 Å². The van der Waals surface area contributed by atoms with Gasteiger partial charge in [-0.05, 0) is 19.3 Å². The average Bonchev–Trinajstić information content (AvgIpc) is 3.16. The van der Waals surface area contributed by atoms with Crippen LogP contribution in [0, 0.1) is 11.8 Å². The molecule has 1 N–H and O–H groups in total. The highest BCUT2D eigenvalue weighted by Crippen LogP contribution is 2.60. The van der Waals surface area contributed by atoms with Crippen molar-refractivity contribution < 1.29 is 29.0 Å². The van der Waals surface area contributed by atoms with Gasteiger partial charge in [-0.1, -0.05) is 24.3 Å². The lowest BCUT2D eigenvalue weighted by Gasteiger charge is -2.36. The molecule has 10 heteroatoms. The zero-order chi connectivity index (χ0) is 24.4. The Balaban J connectivity index is 1.43. The van der Waals surface area contributed by atoms with Crippen molar-refractivity contribution in [2.24, 2.45) is 11.8 Å². The van der Waals surface area contributed by atoms with Gasteiger partial charge < -0.3 is 24.4 Å². The minimum Gasteiger partial charge on any atom is -0.461 e. The standard InChI is InChI=1S/C25H35N3O6S/c29-14-3-1-2-9-28-21-23(31)27(11-10-26-12-16-33-17-13-26)8-5-7-25(21)20(22(28)30)19-18(35-25)6-4-15-34-24(19)32/h4-7,18-21,29H,1-3,8-17H2/t18-,19+,20-,21?,25-/m0/s1. The number of nitrogens with zero attached hydrogens (tertiary/aromatic N) is 3. The molecule has 0 aromatic rings. The van der Waals surface area contributed by atoms with Gasteiger partial charge in [-0.25, -0.2) is 0 Å². The van der Waals surface area contributed by atoms with Gasteiger partial charge in [0.1, 0.15) is 12.6 Å². The van der Waals surface area contributed by atoms with E-state index in [9.17, 15) is 19.5 Å². The Kier molecular flexibility index (Phi) is 7.52. The highest BCUT2D eigenvalue weighted by atomic mass is 32.2. The van der Waals surface area contributed by atoms with Crippen molar-refractivity contribution in [2.45, 2.75) is 35.3 Å². The first-order valence-corrected chi connectivity index (χ1v) is 13.6. The van der Waals surface area contributed by atoms with Crippen LogP contribution >= 0.6 is 11.8 Å². The van der Waals surface area contributed by atoms with Crippen LogP contribution in [0.25, 0.3) is 0 Å². The molecule has 5 heterocycles. The van der Waals surface area contributed by atoms with Gasteiger partial charge in [-0.3, -0.25) is 19.3 Å². The molecule has 0 aliphatic carbocycles. The summed E-state index contributed by atoms with van der Waals surface area (Å²) < 4.78 is 10.1. The minimum absolute atomic E-state index is 0.0393. The van der Waals surface area contributed by atoms with Gasteiger partial charge in [-0.2, -0.15) is 0 Å². The summed E-state index contributed by atoms with van der Waals surface area (Å²) in [4.78, 5) is 46.9. The van der Waals surface area contributed by atoms with E-state index in [0.29, 0.717) is 45.7 Å². The maximum absolute atomic E-state index is 14.1. The number of carbonyl (C=O) groups is 3. The molecular formula is C25H35N3O6S. The van der Waals surface area contributed by atoms with Crippen LogP contribution in [0.5, 0.6) is 0 Å². The van der Waals surface area contributed by atoms with E-state index in [-0.39, 0.29) is 36.2 Å². The summed E-state index contributed by atoms with van der Waals surface area (Å²) in [7, 11) is 0. The van der Waals surface area contributed by atoms with E-state index in [1.165, 1.54) is 0 Å². The quantitative estimate of drug-likeness (QED) is 0.286. The van der Waals surface area contributed by atoms with Crippen LogP contribution < -0.4 is 0 Å². The zero-order valence-corrected chi connectivity index (χ0v) is 20.9. The number of fused-ring (bicyclic) bond motifs is 2. The van der Waals surface area contributed by atoms with E-state index in [2.05, 4.69) is 4.90 Å². The van der Waals surface area contributed by atoms with Gasteiger partial charge in [0.15, 0.2) is 0 Å². The highest BCUT2D eigenvalue weighted by Gasteiger charge is 2.70.